The summed E-state index contributed by atoms with van der Waals surface area (Å²) in [5.41, 5.74) is 2.82. The topological polar surface area (TPSA) is 55.1 Å². The molecule has 0 fully saturated rings. The van der Waals surface area contributed by atoms with Gasteiger partial charge in [0.05, 0.1) is 4.88 Å². The molecular weight excluding hydrogens is 259 g/mol. The van der Waals surface area contributed by atoms with Gasteiger partial charge >= 0.3 is 0 Å². The van der Waals surface area contributed by atoms with Gasteiger partial charge in [-0.3, -0.25) is 10.2 Å². The van der Waals surface area contributed by atoms with Crippen LogP contribution >= 0.6 is 23.1 Å². The van der Waals surface area contributed by atoms with Crippen LogP contribution in [0.1, 0.15) is 15.2 Å². The van der Waals surface area contributed by atoms with Crippen LogP contribution in [0.5, 0.6) is 0 Å². The van der Waals surface area contributed by atoms with E-state index in [9.17, 15) is 9.18 Å². The highest BCUT2D eigenvalue weighted by molar-refractivity contribution is 7.97. The van der Waals surface area contributed by atoms with Crippen molar-refractivity contribution in [1.29, 1.82) is 0 Å². The number of amides is 1. The van der Waals surface area contributed by atoms with Crippen LogP contribution in [0.3, 0.4) is 0 Å². The van der Waals surface area contributed by atoms with Crippen molar-refractivity contribution >= 4 is 39.1 Å². The number of hydrogen-bond donors (Lipinski definition) is 2. The number of nitrogens with one attached hydrogen (secondary N) is 1. The quantitative estimate of drug-likeness (QED) is 0.512. The van der Waals surface area contributed by atoms with Crippen molar-refractivity contribution in [3.8, 4) is 0 Å². The van der Waals surface area contributed by atoms with Crippen LogP contribution in [0.4, 0.5) is 4.39 Å². The van der Waals surface area contributed by atoms with Crippen LogP contribution in [-0.4, -0.2) is 12.2 Å². The summed E-state index contributed by atoms with van der Waals surface area (Å²) in [6.45, 7) is 0. The lowest BCUT2D eigenvalue weighted by molar-refractivity contribution is 0.0957. The smallest absolute Gasteiger partial charge is 0.275 e. The van der Waals surface area contributed by atoms with Gasteiger partial charge in [-0.15, -0.1) is 11.3 Å². The van der Waals surface area contributed by atoms with Crippen LogP contribution in [0, 0.1) is 5.82 Å². The molecule has 0 saturated heterocycles. The van der Waals surface area contributed by atoms with Gasteiger partial charge in [0, 0.05) is 15.8 Å². The average molecular weight is 270 g/mol. The van der Waals surface area contributed by atoms with Crippen molar-refractivity contribution in [3.05, 3.63) is 34.5 Å². The average Bonchev–Trinajstić information content (AvgIpc) is 2.69. The molecule has 3 N–H and O–H groups in total. The zero-order valence-corrected chi connectivity index (χ0v) is 10.8. The van der Waals surface area contributed by atoms with Crippen molar-refractivity contribution in [2.75, 3.05) is 6.26 Å². The third-order valence-corrected chi connectivity index (χ3v) is 4.16. The Bertz CT molecular complexity index is 568. The van der Waals surface area contributed by atoms with E-state index in [0.717, 1.165) is 10.3 Å². The van der Waals surface area contributed by atoms with Crippen molar-refractivity contribution in [1.82, 2.24) is 5.43 Å². The van der Waals surface area contributed by atoms with Crippen LogP contribution in [0.25, 0.3) is 10.1 Å². The maximum absolute atomic E-state index is 13.8. The Kier molecular flexibility index (Phi) is 3.66. The first-order valence-corrected chi connectivity index (χ1v) is 7.09. The first-order valence-electron chi connectivity index (χ1n) is 4.88. The molecule has 1 heterocycles. The minimum Gasteiger partial charge on any atom is -0.289 e. The lowest BCUT2D eigenvalue weighted by Gasteiger charge is -2.01. The number of thioether (sulfide) groups is 1. The number of thiophene rings is 1. The van der Waals surface area contributed by atoms with Crippen LogP contribution in [-0.2, 0) is 5.75 Å². The molecule has 2 aromatic rings. The Hall–Kier alpha value is -1.11. The minimum absolute atomic E-state index is 0.293. The second kappa shape index (κ2) is 5.03. The third-order valence-electron chi connectivity index (χ3n) is 2.39. The number of nitrogen functional groups attached to an aromatic ring is 1. The summed E-state index contributed by atoms with van der Waals surface area (Å²) in [6.07, 6.45) is 1.91. The fourth-order valence-electron chi connectivity index (χ4n) is 1.70. The van der Waals surface area contributed by atoms with Gasteiger partial charge in [0.25, 0.3) is 5.91 Å². The highest BCUT2D eigenvalue weighted by Gasteiger charge is 2.19. The monoisotopic (exact) mass is 270 g/mol. The Morgan fingerprint density at radius 2 is 2.35 bits per heavy atom. The molecule has 1 aromatic heterocycles. The van der Waals surface area contributed by atoms with Gasteiger partial charge in [-0.25, -0.2) is 10.2 Å². The highest BCUT2D eigenvalue weighted by Crippen LogP contribution is 2.35. The van der Waals surface area contributed by atoms with E-state index in [1.165, 1.54) is 17.4 Å². The molecule has 0 radical (unpaired) electrons. The lowest BCUT2D eigenvalue weighted by atomic mass is 10.1. The van der Waals surface area contributed by atoms with Gasteiger partial charge in [0.2, 0.25) is 0 Å². The molecule has 2 rings (SSSR count). The van der Waals surface area contributed by atoms with Crippen molar-refractivity contribution < 1.29 is 9.18 Å². The molecule has 6 heteroatoms. The number of carbonyl (C=O) groups excluding carboxylic acids is 1. The van der Waals surface area contributed by atoms with Gasteiger partial charge in [-0.2, -0.15) is 11.8 Å². The lowest BCUT2D eigenvalue weighted by Crippen LogP contribution is -2.29. The van der Waals surface area contributed by atoms with Crippen molar-refractivity contribution in [2.24, 2.45) is 5.84 Å². The Morgan fingerprint density at radius 3 is 3.00 bits per heavy atom. The van der Waals surface area contributed by atoms with E-state index >= 15 is 0 Å². The first kappa shape index (κ1) is 12.3. The molecule has 1 aromatic carbocycles. The van der Waals surface area contributed by atoms with E-state index in [-0.39, 0.29) is 11.7 Å². The summed E-state index contributed by atoms with van der Waals surface area (Å²) in [7, 11) is 0. The van der Waals surface area contributed by atoms with E-state index in [0.29, 0.717) is 16.0 Å². The number of hydrogen-bond acceptors (Lipinski definition) is 4. The predicted molar refractivity (Wildman–Crippen MR) is 70.7 cm³/mol. The van der Waals surface area contributed by atoms with Gasteiger partial charge < -0.3 is 0 Å². The number of rotatable bonds is 3. The summed E-state index contributed by atoms with van der Waals surface area (Å²) in [6, 6.07) is 4.85. The SMILES string of the molecule is CSCc1c(C(=O)NN)sc2cccc(F)c12. The Morgan fingerprint density at radius 1 is 1.59 bits per heavy atom. The molecule has 0 saturated carbocycles. The summed E-state index contributed by atoms with van der Waals surface area (Å²) in [4.78, 5) is 12.1. The number of benzene rings is 1. The zero-order valence-electron chi connectivity index (χ0n) is 9.12. The van der Waals surface area contributed by atoms with Crippen LogP contribution in [0.15, 0.2) is 18.2 Å². The van der Waals surface area contributed by atoms with Gasteiger partial charge in [-0.1, -0.05) is 6.07 Å². The second-order valence-corrected chi connectivity index (χ2v) is 5.35. The summed E-state index contributed by atoms with van der Waals surface area (Å²) in [5.74, 6) is 5.06. The fraction of sp³-hybridized carbons (Fsp3) is 0.182. The van der Waals surface area contributed by atoms with Crippen LogP contribution in [0.2, 0.25) is 0 Å². The summed E-state index contributed by atoms with van der Waals surface area (Å²) >= 11 is 2.81. The van der Waals surface area contributed by atoms with Gasteiger partial charge in [0.15, 0.2) is 0 Å². The van der Waals surface area contributed by atoms with E-state index in [2.05, 4.69) is 5.43 Å². The maximum Gasteiger partial charge on any atom is 0.275 e. The van der Waals surface area contributed by atoms with E-state index in [1.807, 2.05) is 6.26 Å². The number of hydrazine groups is 1. The number of carbonyl (C=O) groups is 1. The molecule has 17 heavy (non-hydrogen) atoms. The highest BCUT2D eigenvalue weighted by atomic mass is 32.2. The molecule has 1 amide bonds. The maximum atomic E-state index is 13.8. The zero-order chi connectivity index (χ0) is 12.4. The molecule has 90 valence electrons. The Labute approximate surface area is 106 Å². The molecule has 0 spiro atoms. The number of fused-ring (bicyclic) bond motifs is 1. The standard InChI is InChI=1S/C11H11FN2OS2/c1-16-5-6-9-7(12)3-2-4-8(9)17-10(6)11(15)14-13/h2-4H,5,13H2,1H3,(H,14,15). The number of halogens is 1. The largest absolute Gasteiger partial charge is 0.289 e. The van der Waals surface area contributed by atoms with Gasteiger partial charge in [-0.05, 0) is 24.0 Å². The number of nitrogens with two attached hydrogens (primary N) is 1. The Balaban J connectivity index is 2.71. The predicted octanol–water partition coefficient (Wildman–Crippen LogP) is 2.51. The van der Waals surface area contributed by atoms with E-state index in [4.69, 9.17) is 5.84 Å². The first-order chi connectivity index (χ1) is 8.19. The summed E-state index contributed by atoms with van der Waals surface area (Å²) < 4.78 is 14.6. The molecule has 0 aliphatic carbocycles. The molecule has 0 atom stereocenters. The molecule has 0 bridgehead atoms. The molecule has 0 unspecified atom stereocenters. The molecule has 0 aliphatic heterocycles. The fourth-order valence-corrected chi connectivity index (χ4v) is 3.51. The summed E-state index contributed by atoms with van der Waals surface area (Å²) in [5, 5.41) is 0.533. The van der Waals surface area contributed by atoms with Gasteiger partial charge in [0.1, 0.15) is 5.82 Å². The minimum atomic E-state index is -0.366. The third kappa shape index (κ3) is 2.15. The van der Waals surface area contributed by atoms with Crippen LogP contribution < -0.4 is 11.3 Å². The second-order valence-electron chi connectivity index (χ2n) is 3.43. The molecular formula is C11H11FN2OS2. The van der Waals surface area contributed by atoms with E-state index < -0.39 is 0 Å². The molecule has 3 nitrogen and oxygen atoms in total. The van der Waals surface area contributed by atoms with Crippen molar-refractivity contribution in [2.45, 2.75) is 5.75 Å². The van der Waals surface area contributed by atoms with E-state index in [1.54, 1.807) is 23.9 Å². The normalized spacial score (nSPS) is 10.8. The molecule has 0 aliphatic rings. The van der Waals surface area contributed by atoms with Crippen molar-refractivity contribution in [3.63, 3.8) is 0 Å².